The number of hydrogen-bond donors (Lipinski definition) is 1. The van der Waals surface area contributed by atoms with Gasteiger partial charge in [-0.3, -0.25) is 9.59 Å². The van der Waals surface area contributed by atoms with Crippen LogP contribution in [-0.2, 0) is 16.0 Å². The van der Waals surface area contributed by atoms with Crippen LogP contribution in [0.1, 0.15) is 44.1 Å². The maximum absolute atomic E-state index is 12.1. The third kappa shape index (κ3) is 3.01. The zero-order chi connectivity index (χ0) is 15.6. The van der Waals surface area contributed by atoms with Gasteiger partial charge >= 0.3 is 0 Å². The first kappa shape index (κ1) is 15.1. The van der Waals surface area contributed by atoms with Crippen LogP contribution in [0.3, 0.4) is 0 Å². The first-order chi connectivity index (χ1) is 10.6. The first-order valence-electron chi connectivity index (χ1n) is 8.19. The molecule has 0 aromatic heterocycles. The molecular weight excluding hydrogens is 276 g/mol. The van der Waals surface area contributed by atoms with Crippen molar-refractivity contribution >= 4 is 11.8 Å². The van der Waals surface area contributed by atoms with E-state index in [4.69, 9.17) is 0 Å². The highest BCUT2D eigenvalue weighted by Gasteiger charge is 2.45. The van der Waals surface area contributed by atoms with Crippen molar-refractivity contribution in [2.75, 3.05) is 7.05 Å². The third-order valence-electron chi connectivity index (χ3n) is 5.38. The molecule has 1 heterocycles. The van der Waals surface area contributed by atoms with Crippen molar-refractivity contribution < 1.29 is 9.59 Å². The maximum atomic E-state index is 12.1. The van der Waals surface area contributed by atoms with Gasteiger partial charge in [0.2, 0.25) is 11.8 Å². The molecule has 2 aliphatic rings. The summed E-state index contributed by atoms with van der Waals surface area (Å²) in [7, 11) is 1.93. The lowest BCUT2D eigenvalue weighted by Gasteiger charge is -2.42. The van der Waals surface area contributed by atoms with Crippen molar-refractivity contribution in [3.05, 3.63) is 35.9 Å². The minimum Gasteiger partial charge on any atom is -0.353 e. The van der Waals surface area contributed by atoms with Crippen molar-refractivity contribution in [1.82, 2.24) is 10.2 Å². The minimum absolute atomic E-state index is 0.0672. The minimum atomic E-state index is 0.0672. The molecular formula is C18H24N2O2. The Hall–Kier alpha value is -1.84. The Morgan fingerprint density at radius 3 is 2.50 bits per heavy atom. The molecule has 1 aliphatic heterocycles. The van der Waals surface area contributed by atoms with Crippen LogP contribution in [0, 0.1) is 0 Å². The standard InChI is InChI=1S/C18H24N2O2/c1-20-17(22)9-12-18(20)10-7-15(8-11-18)19-16(21)13-14-5-3-2-4-6-14/h2-6,15H,7-13H2,1H3,(H,19,21). The molecule has 0 bridgehead atoms. The van der Waals surface area contributed by atoms with Gasteiger partial charge in [0.1, 0.15) is 0 Å². The molecule has 4 heteroatoms. The zero-order valence-corrected chi connectivity index (χ0v) is 13.2. The molecule has 1 saturated heterocycles. The number of hydrogen-bond acceptors (Lipinski definition) is 2. The Labute approximate surface area is 131 Å². The van der Waals surface area contributed by atoms with Crippen molar-refractivity contribution in [3.63, 3.8) is 0 Å². The Balaban J connectivity index is 1.50. The fourth-order valence-electron chi connectivity index (χ4n) is 3.88. The molecule has 1 spiro atoms. The molecule has 1 aromatic carbocycles. The Kier molecular flexibility index (Phi) is 4.19. The van der Waals surface area contributed by atoms with Crippen LogP contribution in [-0.4, -0.2) is 35.3 Å². The molecule has 3 rings (SSSR count). The lowest BCUT2D eigenvalue weighted by atomic mass is 9.78. The van der Waals surface area contributed by atoms with E-state index in [-0.39, 0.29) is 23.4 Å². The summed E-state index contributed by atoms with van der Waals surface area (Å²) in [6.07, 6.45) is 6.06. The first-order valence-corrected chi connectivity index (χ1v) is 8.19. The number of nitrogens with zero attached hydrogens (tertiary/aromatic N) is 1. The smallest absolute Gasteiger partial charge is 0.224 e. The van der Waals surface area contributed by atoms with Crippen LogP contribution in [0.2, 0.25) is 0 Å². The van der Waals surface area contributed by atoms with Crippen LogP contribution in [0.5, 0.6) is 0 Å². The van der Waals surface area contributed by atoms with Gasteiger partial charge in [-0.05, 0) is 37.7 Å². The SMILES string of the molecule is CN1C(=O)CCC12CCC(NC(=O)Cc1ccccc1)CC2. The summed E-state index contributed by atoms with van der Waals surface area (Å²) in [5.74, 6) is 0.370. The molecule has 4 nitrogen and oxygen atoms in total. The molecule has 2 amide bonds. The van der Waals surface area contributed by atoms with Crippen molar-refractivity contribution in [2.45, 2.75) is 56.5 Å². The second-order valence-electron chi connectivity index (χ2n) is 6.68. The number of nitrogens with one attached hydrogen (secondary N) is 1. The van der Waals surface area contributed by atoms with Crippen LogP contribution < -0.4 is 5.32 Å². The third-order valence-corrected chi connectivity index (χ3v) is 5.38. The number of likely N-dealkylation sites (tertiary alicyclic amines) is 1. The van der Waals surface area contributed by atoms with E-state index in [0.29, 0.717) is 12.8 Å². The maximum Gasteiger partial charge on any atom is 0.224 e. The number of amides is 2. The van der Waals surface area contributed by atoms with Crippen molar-refractivity contribution in [2.24, 2.45) is 0 Å². The Morgan fingerprint density at radius 2 is 1.91 bits per heavy atom. The Bertz CT molecular complexity index is 547. The van der Waals surface area contributed by atoms with E-state index in [1.165, 1.54) is 0 Å². The predicted molar refractivity (Wildman–Crippen MR) is 85.3 cm³/mol. The molecule has 1 aromatic rings. The average molecular weight is 300 g/mol. The van der Waals surface area contributed by atoms with Gasteiger partial charge in [-0.25, -0.2) is 0 Å². The summed E-state index contributed by atoms with van der Waals surface area (Å²) in [6, 6.07) is 10.1. The van der Waals surface area contributed by atoms with Crippen molar-refractivity contribution in [3.8, 4) is 0 Å². The van der Waals surface area contributed by atoms with E-state index in [2.05, 4.69) is 5.32 Å². The van der Waals surface area contributed by atoms with E-state index in [1.807, 2.05) is 42.3 Å². The highest BCUT2D eigenvalue weighted by molar-refractivity contribution is 5.80. The summed E-state index contributed by atoms with van der Waals surface area (Å²) < 4.78 is 0. The highest BCUT2D eigenvalue weighted by atomic mass is 16.2. The topological polar surface area (TPSA) is 49.4 Å². The highest BCUT2D eigenvalue weighted by Crippen LogP contribution is 2.41. The van der Waals surface area contributed by atoms with Gasteiger partial charge in [0.05, 0.1) is 6.42 Å². The molecule has 22 heavy (non-hydrogen) atoms. The Morgan fingerprint density at radius 1 is 1.23 bits per heavy atom. The van der Waals surface area contributed by atoms with E-state index in [0.717, 1.165) is 37.7 Å². The fraction of sp³-hybridized carbons (Fsp3) is 0.556. The summed E-state index contributed by atoms with van der Waals surface area (Å²) in [6.45, 7) is 0. The van der Waals surface area contributed by atoms with E-state index < -0.39 is 0 Å². The number of carbonyl (C=O) groups excluding carboxylic acids is 2. The largest absolute Gasteiger partial charge is 0.353 e. The van der Waals surface area contributed by atoms with Crippen LogP contribution in [0.4, 0.5) is 0 Å². The quantitative estimate of drug-likeness (QED) is 0.931. The molecule has 2 fully saturated rings. The van der Waals surface area contributed by atoms with E-state index in [1.54, 1.807) is 0 Å². The number of benzene rings is 1. The molecule has 0 unspecified atom stereocenters. The van der Waals surface area contributed by atoms with Gasteiger partial charge < -0.3 is 10.2 Å². The molecule has 0 atom stereocenters. The van der Waals surface area contributed by atoms with Crippen molar-refractivity contribution in [1.29, 1.82) is 0 Å². The molecule has 1 aliphatic carbocycles. The average Bonchev–Trinajstić information content (AvgIpc) is 2.80. The summed E-state index contributed by atoms with van der Waals surface area (Å²) in [5, 5.41) is 3.16. The van der Waals surface area contributed by atoms with E-state index in [9.17, 15) is 9.59 Å². The number of carbonyl (C=O) groups is 2. The van der Waals surface area contributed by atoms with Crippen LogP contribution in [0.25, 0.3) is 0 Å². The summed E-state index contributed by atoms with van der Waals surface area (Å²) in [5.41, 5.74) is 1.12. The normalized spacial score (nSPS) is 28.1. The van der Waals surface area contributed by atoms with Gasteiger partial charge in [0.15, 0.2) is 0 Å². The molecule has 1 N–H and O–H groups in total. The van der Waals surface area contributed by atoms with Gasteiger partial charge in [-0.15, -0.1) is 0 Å². The monoisotopic (exact) mass is 300 g/mol. The lowest BCUT2D eigenvalue weighted by Crippen LogP contribution is -2.49. The zero-order valence-electron chi connectivity index (χ0n) is 13.2. The van der Waals surface area contributed by atoms with E-state index >= 15 is 0 Å². The molecule has 0 radical (unpaired) electrons. The van der Waals surface area contributed by atoms with Gasteiger partial charge in [0, 0.05) is 25.0 Å². The summed E-state index contributed by atoms with van der Waals surface area (Å²) in [4.78, 5) is 25.9. The van der Waals surface area contributed by atoms with Crippen LogP contribution >= 0.6 is 0 Å². The molecule has 118 valence electrons. The van der Waals surface area contributed by atoms with Gasteiger partial charge in [0.25, 0.3) is 0 Å². The second kappa shape index (κ2) is 6.11. The fourth-order valence-corrected chi connectivity index (χ4v) is 3.88. The van der Waals surface area contributed by atoms with Crippen LogP contribution in [0.15, 0.2) is 30.3 Å². The molecule has 1 saturated carbocycles. The van der Waals surface area contributed by atoms with Gasteiger partial charge in [-0.1, -0.05) is 30.3 Å². The second-order valence-corrected chi connectivity index (χ2v) is 6.68. The van der Waals surface area contributed by atoms with Gasteiger partial charge in [-0.2, -0.15) is 0 Å². The number of rotatable bonds is 3. The summed E-state index contributed by atoms with van der Waals surface area (Å²) >= 11 is 0. The lowest BCUT2D eigenvalue weighted by molar-refractivity contribution is -0.131. The predicted octanol–water partition coefficient (Wildman–Crippen LogP) is 2.28.